The molecule has 1 saturated heterocycles. The average Bonchev–Trinajstić information content (AvgIpc) is 2.54. The van der Waals surface area contributed by atoms with Crippen LogP contribution in [-0.4, -0.2) is 33.8 Å². The number of hydrogen-bond donors (Lipinski definition) is 1. The lowest BCUT2D eigenvalue weighted by Crippen LogP contribution is -2.37. The zero-order valence-electron chi connectivity index (χ0n) is 11.9. The Balaban J connectivity index is 2.02. The van der Waals surface area contributed by atoms with Crippen LogP contribution in [0.25, 0.3) is 0 Å². The summed E-state index contributed by atoms with van der Waals surface area (Å²) in [6, 6.07) is 8.81. The van der Waals surface area contributed by atoms with Crippen LogP contribution in [0.15, 0.2) is 24.3 Å². The van der Waals surface area contributed by atoms with Gasteiger partial charge in [0.25, 0.3) is 0 Å². The monoisotopic (exact) mass is 306 g/mol. The number of carbonyl (C=O) groups is 1. The molecule has 1 aliphatic rings. The average molecular weight is 306 g/mol. The molecule has 1 fully saturated rings. The molecule has 1 heterocycles. The molecule has 2 rings (SSSR count). The summed E-state index contributed by atoms with van der Waals surface area (Å²) in [5, 5.41) is 11.1. The van der Waals surface area contributed by atoms with Gasteiger partial charge < -0.3 is 10.1 Å². The zero-order chi connectivity index (χ0) is 15.2. The first-order valence-corrected chi connectivity index (χ1v) is 8.18. The number of amides is 1. The maximum absolute atomic E-state index is 12.4. The topological polar surface area (TPSA) is 79.2 Å². The van der Waals surface area contributed by atoms with Crippen LogP contribution in [0.4, 0.5) is 5.69 Å². The second-order valence-electron chi connectivity index (χ2n) is 4.93. The molecule has 0 spiro atoms. The van der Waals surface area contributed by atoms with Gasteiger partial charge in [0.15, 0.2) is 0 Å². The Labute approximate surface area is 126 Å². The SMILES string of the molecule is CC(C(=O)Nc1ccccc1C#N)S(=O)C1CCOCC1. The second kappa shape index (κ2) is 7.34. The van der Waals surface area contributed by atoms with Gasteiger partial charge in [0.2, 0.25) is 5.91 Å². The number of nitrogens with one attached hydrogen (secondary N) is 1. The van der Waals surface area contributed by atoms with E-state index in [-0.39, 0.29) is 11.2 Å². The van der Waals surface area contributed by atoms with E-state index in [1.54, 1.807) is 31.2 Å². The summed E-state index contributed by atoms with van der Waals surface area (Å²) in [7, 11) is -1.24. The van der Waals surface area contributed by atoms with E-state index in [0.29, 0.717) is 24.5 Å². The number of carbonyl (C=O) groups excluding carboxylic acids is 1. The summed E-state index contributed by atoms with van der Waals surface area (Å²) in [6.45, 7) is 2.86. The third-order valence-electron chi connectivity index (χ3n) is 3.52. The van der Waals surface area contributed by atoms with E-state index in [1.165, 1.54) is 0 Å². The van der Waals surface area contributed by atoms with Crippen molar-refractivity contribution in [1.82, 2.24) is 0 Å². The van der Waals surface area contributed by atoms with Crippen molar-refractivity contribution in [2.24, 2.45) is 0 Å². The maximum Gasteiger partial charge on any atom is 0.239 e. The molecule has 2 unspecified atom stereocenters. The molecule has 0 aromatic heterocycles. The second-order valence-corrected chi connectivity index (χ2v) is 6.96. The van der Waals surface area contributed by atoms with Crippen LogP contribution in [0, 0.1) is 11.3 Å². The highest BCUT2D eigenvalue weighted by molar-refractivity contribution is 7.87. The van der Waals surface area contributed by atoms with Gasteiger partial charge in [0.05, 0.1) is 11.3 Å². The lowest BCUT2D eigenvalue weighted by molar-refractivity contribution is -0.115. The number of ether oxygens (including phenoxy) is 1. The normalized spacial score (nSPS) is 18.5. The van der Waals surface area contributed by atoms with Gasteiger partial charge in [-0.3, -0.25) is 9.00 Å². The summed E-state index contributed by atoms with van der Waals surface area (Å²) < 4.78 is 17.7. The van der Waals surface area contributed by atoms with Gasteiger partial charge in [-0.25, -0.2) is 0 Å². The van der Waals surface area contributed by atoms with E-state index < -0.39 is 16.0 Å². The Morgan fingerprint density at radius 2 is 2.10 bits per heavy atom. The predicted octanol–water partition coefficient (Wildman–Crippen LogP) is 1.81. The van der Waals surface area contributed by atoms with Gasteiger partial charge >= 0.3 is 0 Å². The molecule has 5 nitrogen and oxygen atoms in total. The van der Waals surface area contributed by atoms with Crippen LogP contribution in [-0.2, 0) is 20.3 Å². The lowest BCUT2D eigenvalue weighted by Gasteiger charge is -2.24. The van der Waals surface area contributed by atoms with E-state index in [1.807, 2.05) is 6.07 Å². The number of benzene rings is 1. The Bertz CT molecular complexity index is 577. The molecule has 2 atom stereocenters. The quantitative estimate of drug-likeness (QED) is 0.920. The van der Waals surface area contributed by atoms with Crippen molar-refractivity contribution in [1.29, 1.82) is 5.26 Å². The number of anilines is 1. The van der Waals surface area contributed by atoms with Crippen molar-refractivity contribution in [2.45, 2.75) is 30.3 Å². The largest absolute Gasteiger partial charge is 0.381 e. The van der Waals surface area contributed by atoms with E-state index in [2.05, 4.69) is 5.32 Å². The smallest absolute Gasteiger partial charge is 0.239 e. The van der Waals surface area contributed by atoms with Crippen LogP contribution in [0.2, 0.25) is 0 Å². The molecular formula is C15H18N2O3S. The van der Waals surface area contributed by atoms with Gasteiger partial charge in [0.1, 0.15) is 11.3 Å². The first kappa shape index (κ1) is 15.7. The number of rotatable bonds is 4. The fraction of sp³-hybridized carbons (Fsp3) is 0.467. The van der Waals surface area contributed by atoms with Crippen LogP contribution in [0.1, 0.15) is 25.3 Å². The van der Waals surface area contributed by atoms with Crippen molar-refractivity contribution >= 4 is 22.4 Å². The standard InChI is InChI=1S/C15H18N2O3S/c1-11(21(19)13-6-8-20-9-7-13)15(18)17-14-5-3-2-4-12(14)10-16/h2-5,11,13H,6-9H2,1H3,(H,17,18). The van der Waals surface area contributed by atoms with Crippen LogP contribution in [0.5, 0.6) is 0 Å². The molecule has 6 heteroatoms. The van der Waals surface area contributed by atoms with Crippen molar-refractivity contribution in [3.05, 3.63) is 29.8 Å². The molecule has 1 aromatic carbocycles. The van der Waals surface area contributed by atoms with Crippen molar-refractivity contribution < 1.29 is 13.7 Å². The first-order valence-electron chi connectivity index (χ1n) is 6.90. The molecule has 0 aliphatic carbocycles. The minimum absolute atomic E-state index is 0.00529. The van der Waals surface area contributed by atoms with Crippen molar-refractivity contribution in [3.8, 4) is 6.07 Å². The van der Waals surface area contributed by atoms with E-state index in [4.69, 9.17) is 10.00 Å². The summed E-state index contributed by atoms with van der Waals surface area (Å²) in [6.07, 6.45) is 1.44. The van der Waals surface area contributed by atoms with Crippen LogP contribution < -0.4 is 5.32 Å². The van der Waals surface area contributed by atoms with Crippen LogP contribution in [0.3, 0.4) is 0 Å². The highest BCUT2D eigenvalue weighted by atomic mass is 32.2. The Morgan fingerprint density at radius 1 is 1.43 bits per heavy atom. The van der Waals surface area contributed by atoms with E-state index >= 15 is 0 Å². The minimum Gasteiger partial charge on any atom is -0.381 e. The molecule has 0 saturated carbocycles. The zero-order valence-corrected chi connectivity index (χ0v) is 12.7. The number of para-hydroxylation sites is 1. The number of nitrogens with zero attached hydrogens (tertiary/aromatic N) is 1. The molecule has 21 heavy (non-hydrogen) atoms. The molecule has 0 radical (unpaired) electrons. The molecule has 112 valence electrons. The molecule has 1 aliphatic heterocycles. The van der Waals surface area contributed by atoms with E-state index in [0.717, 1.165) is 12.8 Å². The van der Waals surface area contributed by atoms with Gasteiger partial charge in [-0.05, 0) is 31.9 Å². The Hall–Kier alpha value is -1.71. The summed E-state index contributed by atoms with van der Waals surface area (Å²) in [4.78, 5) is 12.2. The predicted molar refractivity (Wildman–Crippen MR) is 81.2 cm³/mol. The lowest BCUT2D eigenvalue weighted by atomic mass is 10.2. The summed E-state index contributed by atoms with van der Waals surface area (Å²) in [5.41, 5.74) is 0.857. The third kappa shape index (κ3) is 3.90. The van der Waals surface area contributed by atoms with E-state index in [9.17, 15) is 9.00 Å². The number of hydrogen-bond acceptors (Lipinski definition) is 4. The van der Waals surface area contributed by atoms with Gasteiger partial charge in [0, 0.05) is 29.3 Å². The van der Waals surface area contributed by atoms with Gasteiger partial charge in [-0.1, -0.05) is 12.1 Å². The van der Waals surface area contributed by atoms with Gasteiger partial charge in [-0.15, -0.1) is 0 Å². The third-order valence-corrected chi connectivity index (χ3v) is 5.56. The fourth-order valence-corrected chi connectivity index (χ4v) is 3.73. The van der Waals surface area contributed by atoms with Crippen molar-refractivity contribution in [3.63, 3.8) is 0 Å². The first-order chi connectivity index (χ1) is 10.1. The summed E-state index contributed by atoms with van der Waals surface area (Å²) >= 11 is 0. The van der Waals surface area contributed by atoms with Crippen LogP contribution >= 0.6 is 0 Å². The fourth-order valence-electron chi connectivity index (χ4n) is 2.23. The highest BCUT2D eigenvalue weighted by Gasteiger charge is 2.29. The molecule has 1 aromatic rings. The minimum atomic E-state index is -1.24. The Morgan fingerprint density at radius 3 is 2.76 bits per heavy atom. The number of nitriles is 1. The molecule has 1 N–H and O–H groups in total. The molecular weight excluding hydrogens is 288 g/mol. The molecule has 0 bridgehead atoms. The highest BCUT2D eigenvalue weighted by Crippen LogP contribution is 2.19. The maximum atomic E-state index is 12.4. The molecule has 1 amide bonds. The van der Waals surface area contributed by atoms with Crippen molar-refractivity contribution in [2.75, 3.05) is 18.5 Å². The Kier molecular flexibility index (Phi) is 5.48. The van der Waals surface area contributed by atoms with Gasteiger partial charge in [-0.2, -0.15) is 5.26 Å². The summed E-state index contributed by atoms with van der Waals surface area (Å²) in [5.74, 6) is -0.317.